The average Bonchev–Trinajstić information content (AvgIpc) is 2.73. The van der Waals surface area contributed by atoms with Crippen LogP contribution in [0.1, 0.15) is 6.42 Å². The Morgan fingerprint density at radius 1 is 1.45 bits per heavy atom. The molecule has 0 saturated carbocycles. The van der Waals surface area contributed by atoms with Gasteiger partial charge < -0.3 is 11.1 Å². The summed E-state index contributed by atoms with van der Waals surface area (Å²) in [6.07, 6.45) is 0.00198. The maximum atomic E-state index is 12.1. The predicted molar refractivity (Wildman–Crippen MR) is 69.2 cm³/mol. The van der Waals surface area contributed by atoms with Gasteiger partial charge in [0.05, 0.1) is 4.92 Å². The van der Waals surface area contributed by atoms with Crippen molar-refractivity contribution in [3.05, 3.63) is 28.3 Å². The third-order valence-electron chi connectivity index (χ3n) is 2.77. The molecule has 1 unspecified atom stereocenters. The molecule has 108 valence electrons. The van der Waals surface area contributed by atoms with E-state index in [2.05, 4.69) is 10.0 Å². The molecule has 1 amide bonds. The normalized spacial score (nSPS) is 18.8. The van der Waals surface area contributed by atoms with E-state index in [4.69, 9.17) is 5.73 Å². The Bertz CT molecular complexity index is 672. The Morgan fingerprint density at radius 3 is 2.70 bits per heavy atom. The second kappa shape index (κ2) is 5.06. The topological polar surface area (TPSA) is 144 Å². The van der Waals surface area contributed by atoms with E-state index < -0.39 is 31.6 Å². The molecule has 1 saturated heterocycles. The van der Waals surface area contributed by atoms with Crippen molar-refractivity contribution in [3.8, 4) is 0 Å². The van der Waals surface area contributed by atoms with Crippen LogP contribution in [0.3, 0.4) is 0 Å². The third-order valence-corrected chi connectivity index (χ3v) is 4.34. The molecule has 4 N–H and O–H groups in total. The van der Waals surface area contributed by atoms with Gasteiger partial charge in [-0.15, -0.1) is 0 Å². The molecule has 0 aliphatic carbocycles. The number of rotatable bonds is 4. The summed E-state index contributed by atoms with van der Waals surface area (Å²) in [5.74, 6) is -0.274. The second-order valence-corrected chi connectivity index (χ2v) is 5.99. The molecule has 0 spiro atoms. The highest BCUT2D eigenvalue weighted by Gasteiger charge is 2.31. The highest BCUT2D eigenvalue weighted by Crippen LogP contribution is 2.26. The van der Waals surface area contributed by atoms with Crippen molar-refractivity contribution in [3.63, 3.8) is 0 Å². The molecule has 9 nitrogen and oxygen atoms in total. The molecule has 1 heterocycles. The zero-order valence-corrected chi connectivity index (χ0v) is 11.0. The van der Waals surface area contributed by atoms with Gasteiger partial charge in [0.15, 0.2) is 4.90 Å². The maximum Gasteiger partial charge on any atom is 0.291 e. The summed E-state index contributed by atoms with van der Waals surface area (Å²) in [6, 6.07) is 2.69. The highest BCUT2D eigenvalue weighted by atomic mass is 32.2. The van der Waals surface area contributed by atoms with Crippen LogP contribution >= 0.6 is 0 Å². The van der Waals surface area contributed by atoms with Crippen LogP contribution in [0.25, 0.3) is 0 Å². The number of nitrogens with zero attached hydrogens (tertiary/aromatic N) is 1. The van der Waals surface area contributed by atoms with Gasteiger partial charge in [-0.2, -0.15) is 0 Å². The van der Waals surface area contributed by atoms with Crippen LogP contribution in [0.15, 0.2) is 23.1 Å². The van der Waals surface area contributed by atoms with Crippen LogP contribution in [0.2, 0.25) is 0 Å². The minimum atomic E-state index is -4.10. The maximum absolute atomic E-state index is 12.1. The first-order valence-electron chi connectivity index (χ1n) is 5.62. The van der Waals surface area contributed by atoms with Crippen LogP contribution in [0.5, 0.6) is 0 Å². The number of anilines is 1. The van der Waals surface area contributed by atoms with Crippen LogP contribution in [0, 0.1) is 10.1 Å². The quantitative estimate of drug-likeness (QED) is 0.382. The molecular formula is C10H12N4O5S. The van der Waals surface area contributed by atoms with Gasteiger partial charge in [-0.05, 0) is 12.1 Å². The highest BCUT2D eigenvalue weighted by molar-refractivity contribution is 7.89. The molecule has 2 rings (SSSR count). The van der Waals surface area contributed by atoms with Gasteiger partial charge >= 0.3 is 0 Å². The van der Waals surface area contributed by atoms with Gasteiger partial charge in [-0.1, -0.05) is 0 Å². The Labute approximate surface area is 114 Å². The average molecular weight is 300 g/mol. The predicted octanol–water partition coefficient (Wildman–Crippen LogP) is -0.656. The van der Waals surface area contributed by atoms with E-state index in [9.17, 15) is 23.3 Å². The lowest BCUT2D eigenvalue weighted by Crippen LogP contribution is -2.36. The van der Waals surface area contributed by atoms with E-state index in [0.29, 0.717) is 0 Å². The number of nitro benzene ring substituents is 1. The van der Waals surface area contributed by atoms with Gasteiger partial charge in [-0.3, -0.25) is 14.9 Å². The van der Waals surface area contributed by atoms with Crippen molar-refractivity contribution in [1.29, 1.82) is 0 Å². The zero-order valence-electron chi connectivity index (χ0n) is 10.2. The number of carbonyl (C=O) groups excluding carboxylic acids is 1. The van der Waals surface area contributed by atoms with E-state index in [0.717, 1.165) is 12.1 Å². The Morgan fingerprint density at radius 2 is 2.15 bits per heavy atom. The van der Waals surface area contributed by atoms with Crippen LogP contribution in [-0.2, 0) is 14.8 Å². The number of nitrogen functional groups attached to an aromatic ring is 1. The van der Waals surface area contributed by atoms with Gasteiger partial charge in [0.2, 0.25) is 15.9 Å². The fraction of sp³-hybridized carbons (Fsp3) is 0.300. The number of amides is 1. The fourth-order valence-electron chi connectivity index (χ4n) is 1.88. The zero-order chi connectivity index (χ0) is 14.9. The molecule has 1 aliphatic rings. The number of nitrogens with one attached hydrogen (secondary N) is 2. The molecule has 20 heavy (non-hydrogen) atoms. The van der Waals surface area contributed by atoms with E-state index >= 15 is 0 Å². The first kappa shape index (κ1) is 14.2. The number of benzene rings is 1. The summed E-state index contributed by atoms with van der Waals surface area (Å²) in [6.45, 7) is 0.154. The van der Waals surface area contributed by atoms with Crippen molar-refractivity contribution in [1.82, 2.24) is 10.0 Å². The van der Waals surface area contributed by atoms with Crippen LogP contribution < -0.4 is 15.8 Å². The van der Waals surface area contributed by atoms with Crippen LogP contribution in [-0.4, -0.2) is 31.8 Å². The Hall–Kier alpha value is -2.20. The molecular weight excluding hydrogens is 288 g/mol. The summed E-state index contributed by atoms with van der Waals surface area (Å²) in [4.78, 5) is 20.6. The largest absolute Gasteiger partial charge is 0.399 e. The van der Waals surface area contributed by atoms with Crippen LogP contribution in [0.4, 0.5) is 11.4 Å². The summed E-state index contributed by atoms with van der Waals surface area (Å²) < 4.78 is 26.5. The standard InChI is InChI=1S/C10H12N4O5S/c11-6-1-2-9(8(3-6)14(16)17)20(18,19)13-7-4-10(15)12-5-7/h1-3,7,13H,4-5,11H2,(H,12,15). The molecule has 1 aromatic carbocycles. The second-order valence-electron chi connectivity index (χ2n) is 4.31. The molecule has 1 aliphatic heterocycles. The van der Waals surface area contributed by atoms with Gasteiger partial charge in [0, 0.05) is 30.8 Å². The van der Waals surface area contributed by atoms with Crippen molar-refractivity contribution < 1.29 is 18.1 Å². The van der Waals surface area contributed by atoms with E-state index in [1.165, 1.54) is 6.07 Å². The first-order chi connectivity index (χ1) is 9.29. The summed E-state index contributed by atoms with van der Waals surface area (Å²) >= 11 is 0. The number of hydrogen-bond acceptors (Lipinski definition) is 6. The molecule has 0 aromatic heterocycles. The first-order valence-corrected chi connectivity index (χ1v) is 7.11. The molecule has 0 radical (unpaired) electrons. The SMILES string of the molecule is Nc1ccc(S(=O)(=O)NC2CNC(=O)C2)c([N+](=O)[O-])c1. The number of carbonyl (C=O) groups is 1. The van der Waals surface area contributed by atoms with Gasteiger partial charge in [-0.25, -0.2) is 13.1 Å². The number of nitrogens with two attached hydrogens (primary N) is 1. The molecule has 10 heteroatoms. The van der Waals surface area contributed by atoms with E-state index in [1.54, 1.807) is 0 Å². The summed E-state index contributed by atoms with van der Waals surface area (Å²) in [7, 11) is -4.10. The molecule has 0 bridgehead atoms. The molecule has 1 fully saturated rings. The minimum absolute atomic E-state index is 0.00198. The fourth-order valence-corrected chi connectivity index (χ4v) is 3.26. The lowest BCUT2D eigenvalue weighted by Gasteiger charge is -2.11. The number of nitro groups is 1. The molecule has 1 atom stereocenters. The Balaban J connectivity index is 2.34. The van der Waals surface area contributed by atoms with E-state index in [1.807, 2.05) is 0 Å². The van der Waals surface area contributed by atoms with Crippen molar-refractivity contribution >= 4 is 27.3 Å². The molecule has 1 aromatic rings. The minimum Gasteiger partial charge on any atom is -0.399 e. The third kappa shape index (κ3) is 2.86. The van der Waals surface area contributed by atoms with Crippen molar-refractivity contribution in [2.75, 3.05) is 12.3 Å². The number of hydrogen-bond donors (Lipinski definition) is 3. The van der Waals surface area contributed by atoms with Gasteiger partial charge in [0.25, 0.3) is 5.69 Å². The smallest absolute Gasteiger partial charge is 0.291 e. The van der Waals surface area contributed by atoms with Crippen molar-refractivity contribution in [2.24, 2.45) is 0 Å². The lowest BCUT2D eigenvalue weighted by atomic mass is 10.3. The van der Waals surface area contributed by atoms with Gasteiger partial charge in [0.1, 0.15) is 0 Å². The van der Waals surface area contributed by atoms with Crippen molar-refractivity contribution in [2.45, 2.75) is 17.4 Å². The van der Waals surface area contributed by atoms with E-state index in [-0.39, 0.29) is 24.6 Å². The Kier molecular flexibility index (Phi) is 3.59. The summed E-state index contributed by atoms with van der Waals surface area (Å²) in [5, 5.41) is 13.4. The lowest BCUT2D eigenvalue weighted by molar-refractivity contribution is -0.387. The summed E-state index contributed by atoms with van der Waals surface area (Å²) in [5.41, 5.74) is 4.91. The number of sulfonamides is 1. The monoisotopic (exact) mass is 300 g/mol.